The van der Waals surface area contributed by atoms with E-state index in [1.54, 1.807) is 30.3 Å². The molecule has 0 saturated heterocycles. The predicted octanol–water partition coefficient (Wildman–Crippen LogP) is 3.44. The summed E-state index contributed by atoms with van der Waals surface area (Å²) in [4.78, 5) is 12.4. The SMILES string of the molecule is CCOc1ccc(C(=O)Nc2cccc(O)c2)c(OCC)c1. The van der Waals surface area contributed by atoms with Crippen LogP contribution in [-0.2, 0) is 0 Å². The summed E-state index contributed by atoms with van der Waals surface area (Å²) >= 11 is 0. The molecule has 116 valence electrons. The van der Waals surface area contributed by atoms with Crippen molar-refractivity contribution in [2.24, 2.45) is 0 Å². The van der Waals surface area contributed by atoms with E-state index in [1.165, 1.54) is 12.1 Å². The van der Waals surface area contributed by atoms with E-state index in [0.29, 0.717) is 36.0 Å². The molecule has 2 rings (SSSR count). The number of anilines is 1. The molecule has 0 bridgehead atoms. The van der Waals surface area contributed by atoms with Gasteiger partial charge in [0.1, 0.15) is 17.2 Å². The number of amides is 1. The number of aromatic hydroxyl groups is 1. The Morgan fingerprint density at radius 2 is 1.86 bits per heavy atom. The molecular weight excluding hydrogens is 282 g/mol. The first kappa shape index (κ1) is 15.7. The molecule has 0 saturated carbocycles. The summed E-state index contributed by atoms with van der Waals surface area (Å²) in [7, 11) is 0. The lowest BCUT2D eigenvalue weighted by Crippen LogP contribution is -2.13. The number of nitrogens with one attached hydrogen (secondary N) is 1. The Kier molecular flexibility index (Phi) is 5.25. The van der Waals surface area contributed by atoms with Gasteiger partial charge in [0.05, 0.1) is 18.8 Å². The average Bonchev–Trinajstić information content (AvgIpc) is 2.48. The van der Waals surface area contributed by atoms with Gasteiger partial charge in [-0.1, -0.05) is 6.07 Å². The van der Waals surface area contributed by atoms with E-state index in [9.17, 15) is 9.90 Å². The lowest BCUT2D eigenvalue weighted by Gasteiger charge is -2.12. The number of ether oxygens (including phenoxy) is 2. The molecule has 2 aromatic rings. The van der Waals surface area contributed by atoms with Gasteiger partial charge < -0.3 is 19.9 Å². The van der Waals surface area contributed by atoms with Gasteiger partial charge in [-0.05, 0) is 38.1 Å². The highest BCUT2D eigenvalue weighted by molar-refractivity contribution is 6.06. The van der Waals surface area contributed by atoms with E-state index < -0.39 is 0 Å². The van der Waals surface area contributed by atoms with Crippen LogP contribution in [0, 0.1) is 0 Å². The summed E-state index contributed by atoms with van der Waals surface area (Å²) < 4.78 is 10.9. The minimum atomic E-state index is -0.308. The molecule has 0 radical (unpaired) electrons. The summed E-state index contributed by atoms with van der Waals surface area (Å²) in [6.07, 6.45) is 0. The fraction of sp³-hybridized carbons (Fsp3) is 0.235. The van der Waals surface area contributed by atoms with Gasteiger partial charge in [0.25, 0.3) is 5.91 Å². The highest BCUT2D eigenvalue weighted by Crippen LogP contribution is 2.26. The molecule has 2 aromatic carbocycles. The summed E-state index contributed by atoms with van der Waals surface area (Å²) in [6.45, 7) is 4.73. The van der Waals surface area contributed by atoms with Crippen LogP contribution in [0.4, 0.5) is 5.69 Å². The van der Waals surface area contributed by atoms with Crippen LogP contribution in [0.5, 0.6) is 17.2 Å². The Morgan fingerprint density at radius 3 is 2.55 bits per heavy atom. The van der Waals surface area contributed by atoms with Crippen molar-refractivity contribution >= 4 is 11.6 Å². The minimum Gasteiger partial charge on any atom is -0.508 e. The van der Waals surface area contributed by atoms with Crippen molar-refractivity contribution < 1.29 is 19.4 Å². The van der Waals surface area contributed by atoms with Crippen LogP contribution < -0.4 is 14.8 Å². The van der Waals surface area contributed by atoms with Crippen LogP contribution in [-0.4, -0.2) is 24.2 Å². The lowest BCUT2D eigenvalue weighted by atomic mass is 10.1. The molecule has 5 heteroatoms. The number of hydrogen-bond donors (Lipinski definition) is 2. The first-order valence-corrected chi connectivity index (χ1v) is 7.14. The Labute approximate surface area is 129 Å². The van der Waals surface area contributed by atoms with Crippen molar-refractivity contribution in [2.45, 2.75) is 13.8 Å². The predicted molar refractivity (Wildman–Crippen MR) is 84.8 cm³/mol. The molecule has 0 aliphatic rings. The molecule has 0 aliphatic carbocycles. The maximum absolute atomic E-state index is 12.4. The monoisotopic (exact) mass is 301 g/mol. The van der Waals surface area contributed by atoms with Gasteiger partial charge in [-0.2, -0.15) is 0 Å². The van der Waals surface area contributed by atoms with Gasteiger partial charge in [0.15, 0.2) is 0 Å². The number of rotatable bonds is 6. The van der Waals surface area contributed by atoms with E-state index in [1.807, 2.05) is 13.8 Å². The van der Waals surface area contributed by atoms with Crippen LogP contribution in [0.3, 0.4) is 0 Å². The quantitative estimate of drug-likeness (QED) is 0.857. The standard InChI is InChI=1S/C17H19NO4/c1-3-21-14-8-9-15(16(11-14)22-4-2)17(20)18-12-6-5-7-13(19)10-12/h5-11,19H,3-4H2,1-2H3,(H,18,20). The van der Waals surface area contributed by atoms with Crippen LogP contribution in [0.2, 0.25) is 0 Å². The zero-order valence-electron chi connectivity index (χ0n) is 12.6. The normalized spacial score (nSPS) is 10.1. The molecular formula is C17H19NO4. The summed E-state index contributed by atoms with van der Waals surface area (Å²) in [6, 6.07) is 11.5. The molecule has 0 heterocycles. The number of phenols is 1. The number of phenolic OH excluding ortho intramolecular Hbond substituents is 1. The third-order valence-electron chi connectivity index (χ3n) is 2.91. The lowest BCUT2D eigenvalue weighted by molar-refractivity contribution is 0.102. The average molecular weight is 301 g/mol. The smallest absolute Gasteiger partial charge is 0.259 e. The van der Waals surface area contributed by atoms with Crippen LogP contribution in [0.15, 0.2) is 42.5 Å². The summed E-state index contributed by atoms with van der Waals surface area (Å²) in [5.41, 5.74) is 0.926. The summed E-state index contributed by atoms with van der Waals surface area (Å²) in [5, 5.41) is 12.2. The number of benzene rings is 2. The molecule has 0 spiro atoms. The number of hydrogen-bond acceptors (Lipinski definition) is 4. The fourth-order valence-electron chi connectivity index (χ4n) is 2.00. The largest absolute Gasteiger partial charge is 0.508 e. The highest BCUT2D eigenvalue weighted by Gasteiger charge is 2.14. The second-order valence-corrected chi connectivity index (χ2v) is 4.53. The summed E-state index contributed by atoms with van der Waals surface area (Å²) in [5.74, 6) is 0.901. The van der Waals surface area contributed by atoms with Crippen LogP contribution in [0.1, 0.15) is 24.2 Å². The first-order chi connectivity index (χ1) is 10.6. The molecule has 22 heavy (non-hydrogen) atoms. The van der Waals surface area contributed by atoms with E-state index in [-0.39, 0.29) is 11.7 Å². The Balaban J connectivity index is 2.24. The third-order valence-corrected chi connectivity index (χ3v) is 2.91. The Hall–Kier alpha value is -2.69. The van der Waals surface area contributed by atoms with Gasteiger partial charge in [-0.15, -0.1) is 0 Å². The highest BCUT2D eigenvalue weighted by atomic mass is 16.5. The van der Waals surface area contributed by atoms with Crippen molar-refractivity contribution in [2.75, 3.05) is 18.5 Å². The van der Waals surface area contributed by atoms with E-state index in [0.717, 1.165) is 0 Å². The van der Waals surface area contributed by atoms with E-state index >= 15 is 0 Å². The van der Waals surface area contributed by atoms with Crippen molar-refractivity contribution in [1.82, 2.24) is 0 Å². The Bertz CT molecular complexity index is 655. The van der Waals surface area contributed by atoms with Crippen molar-refractivity contribution in [1.29, 1.82) is 0 Å². The van der Waals surface area contributed by atoms with E-state index in [4.69, 9.17) is 9.47 Å². The van der Waals surface area contributed by atoms with Crippen molar-refractivity contribution in [3.05, 3.63) is 48.0 Å². The second-order valence-electron chi connectivity index (χ2n) is 4.53. The van der Waals surface area contributed by atoms with Gasteiger partial charge in [0.2, 0.25) is 0 Å². The molecule has 0 fully saturated rings. The van der Waals surface area contributed by atoms with E-state index in [2.05, 4.69) is 5.32 Å². The number of carbonyl (C=O) groups is 1. The minimum absolute atomic E-state index is 0.0922. The number of carbonyl (C=O) groups excluding carboxylic acids is 1. The molecule has 1 amide bonds. The van der Waals surface area contributed by atoms with Gasteiger partial charge in [-0.25, -0.2) is 0 Å². The van der Waals surface area contributed by atoms with Crippen LogP contribution >= 0.6 is 0 Å². The molecule has 0 aliphatic heterocycles. The fourth-order valence-corrected chi connectivity index (χ4v) is 2.00. The maximum atomic E-state index is 12.4. The van der Waals surface area contributed by atoms with Gasteiger partial charge in [-0.3, -0.25) is 4.79 Å². The first-order valence-electron chi connectivity index (χ1n) is 7.14. The van der Waals surface area contributed by atoms with Gasteiger partial charge in [0, 0.05) is 17.8 Å². The van der Waals surface area contributed by atoms with Gasteiger partial charge >= 0.3 is 0 Å². The molecule has 0 aromatic heterocycles. The molecule has 0 unspecified atom stereocenters. The van der Waals surface area contributed by atoms with Crippen LogP contribution in [0.25, 0.3) is 0 Å². The van der Waals surface area contributed by atoms with Crippen molar-refractivity contribution in [3.8, 4) is 17.2 Å². The molecule has 0 atom stereocenters. The zero-order valence-corrected chi connectivity index (χ0v) is 12.6. The molecule has 5 nitrogen and oxygen atoms in total. The zero-order chi connectivity index (χ0) is 15.9. The topological polar surface area (TPSA) is 67.8 Å². The Morgan fingerprint density at radius 1 is 1.09 bits per heavy atom. The maximum Gasteiger partial charge on any atom is 0.259 e. The van der Waals surface area contributed by atoms with Crippen molar-refractivity contribution in [3.63, 3.8) is 0 Å². The molecule has 2 N–H and O–H groups in total. The third kappa shape index (κ3) is 3.91. The second kappa shape index (κ2) is 7.36.